The Morgan fingerprint density at radius 1 is 0.939 bits per heavy atom. The van der Waals surface area contributed by atoms with Gasteiger partial charge in [0.15, 0.2) is 17.3 Å². The van der Waals surface area contributed by atoms with Crippen LogP contribution in [0.15, 0.2) is 78.9 Å². The summed E-state index contributed by atoms with van der Waals surface area (Å²) in [7, 11) is 0. The molecule has 1 aliphatic heterocycles. The molecule has 1 amide bonds. The summed E-state index contributed by atoms with van der Waals surface area (Å²) in [6, 6.07) is 20.5. The summed E-state index contributed by atoms with van der Waals surface area (Å²) in [5.74, 6) is -0.101. The van der Waals surface area contributed by atoms with Gasteiger partial charge in [-0.1, -0.05) is 48.5 Å². The maximum atomic E-state index is 13.0. The van der Waals surface area contributed by atoms with Crippen LogP contribution in [0.2, 0.25) is 0 Å². The number of fused-ring (bicyclic) bond motifs is 1. The highest BCUT2D eigenvalue weighted by Gasteiger charge is 2.24. The van der Waals surface area contributed by atoms with Gasteiger partial charge >= 0.3 is 5.97 Å². The fourth-order valence-corrected chi connectivity index (χ4v) is 3.26. The lowest BCUT2D eigenvalue weighted by molar-refractivity contribution is -0.149. The van der Waals surface area contributed by atoms with Gasteiger partial charge in [-0.2, -0.15) is 0 Å². The Kier molecular flexibility index (Phi) is 6.50. The topological polar surface area (TPSA) is 90.9 Å². The minimum absolute atomic E-state index is 0.120. The summed E-state index contributed by atoms with van der Waals surface area (Å²) in [6.45, 7) is 1.61. The molecule has 0 bridgehead atoms. The minimum Gasteiger partial charge on any atom is -0.454 e. The number of amides is 1. The number of Topliss-reactive ketones (excluding diaryl/α,β-unsaturated/α-hetero) is 1. The molecule has 0 aromatic heterocycles. The number of ether oxygens (including phenoxy) is 3. The van der Waals surface area contributed by atoms with E-state index in [1.807, 2.05) is 0 Å². The van der Waals surface area contributed by atoms with Crippen molar-refractivity contribution in [3.8, 4) is 11.5 Å². The average Bonchev–Trinajstić information content (AvgIpc) is 3.30. The van der Waals surface area contributed by atoms with Crippen LogP contribution in [0.5, 0.6) is 11.5 Å². The molecule has 0 saturated heterocycles. The lowest BCUT2D eigenvalue weighted by Gasteiger charge is -2.17. The van der Waals surface area contributed by atoms with Crippen LogP contribution in [-0.4, -0.2) is 24.5 Å². The van der Waals surface area contributed by atoms with Crippen LogP contribution >= 0.6 is 0 Å². The molecule has 3 aromatic carbocycles. The molecule has 7 heteroatoms. The third-order valence-corrected chi connectivity index (χ3v) is 4.92. The zero-order valence-corrected chi connectivity index (χ0v) is 17.8. The normalized spacial score (nSPS) is 12.9. The summed E-state index contributed by atoms with van der Waals surface area (Å²) >= 11 is 0. The van der Waals surface area contributed by atoms with E-state index in [0.717, 1.165) is 5.56 Å². The van der Waals surface area contributed by atoms with E-state index in [9.17, 15) is 14.4 Å². The second-order valence-corrected chi connectivity index (χ2v) is 7.30. The Balaban J connectivity index is 1.50. The standard InChI is InChI=1S/C26H21NO6/c1-17(28)20-8-5-9-21(15-20)27-26(30)25(19-6-3-2-4-7-19)33-24(29)13-11-18-10-12-22-23(14-18)32-16-31-22/h2-15,25H,16H2,1H3,(H,27,30)/b13-11+/t25-/m0/s1. The van der Waals surface area contributed by atoms with Gasteiger partial charge in [0.1, 0.15) is 0 Å². The van der Waals surface area contributed by atoms with Gasteiger partial charge in [-0.15, -0.1) is 0 Å². The van der Waals surface area contributed by atoms with E-state index < -0.39 is 18.0 Å². The van der Waals surface area contributed by atoms with Gasteiger partial charge in [0.25, 0.3) is 5.91 Å². The molecule has 1 atom stereocenters. The monoisotopic (exact) mass is 443 g/mol. The predicted molar refractivity (Wildman–Crippen MR) is 122 cm³/mol. The van der Waals surface area contributed by atoms with Gasteiger partial charge < -0.3 is 19.5 Å². The smallest absolute Gasteiger partial charge is 0.331 e. The molecular formula is C26H21NO6. The van der Waals surface area contributed by atoms with Crippen molar-refractivity contribution in [2.24, 2.45) is 0 Å². The van der Waals surface area contributed by atoms with Crippen molar-refractivity contribution in [3.05, 3.63) is 95.6 Å². The second kappa shape index (κ2) is 9.82. The predicted octanol–water partition coefficient (Wildman–Crippen LogP) is 4.55. The number of carbonyl (C=O) groups is 3. The Morgan fingerprint density at radius 3 is 2.52 bits per heavy atom. The van der Waals surface area contributed by atoms with E-state index in [0.29, 0.717) is 28.3 Å². The van der Waals surface area contributed by atoms with E-state index in [1.54, 1.807) is 78.9 Å². The number of anilines is 1. The summed E-state index contributed by atoms with van der Waals surface area (Å²) in [4.78, 5) is 37.2. The van der Waals surface area contributed by atoms with Crippen molar-refractivity contribution in [2.75, 3.05) is 12.1 Å². The summed E-state index contributed by atoms with van der Waals surface area (Å²) in [6.07, 6.45) is 1.64. The summed E-state index contributed by atoms with van der Waals surface area (Å²) in [5, 5.41) is 2.72. The van der Waals surface area contributed by atoms with Crippen molar-refractivity contribution in [1.82, 2.24) is 0 Å². The lowest BCUT2D eigenvalue weighted by Crippen LogP contribution is -2.25. The number of esters is 1. The summed E-state index contributed by atoms with van der Waals surface area (Å²) < 4.78 is 16.1. The average molecular weight is 443 g/mol. The third-order valence-electron chi connectivity index (χ3n) is 4.92. The zero-order chi connectivity index (χ0) is 23.2. The SMILES string of the molecule is CC(=O)c1cccc(NC(=O)[C@@H](OC(=O)/C=C/c2ccc3c(c2)OCO3)c2ccccc2)c1. The number of hydrogen-bond acceptors (Lipinski definition) is 6. The quantitative estimate of drug-likeness (QED) is 0.327. The molecule has 3 aromatic rings. The highest BCUT2D eigenvalue weighted by molar-refractivity contribution is 5.99. The van der Waals surface area contributed by atoms with Gasteiger partial charge in [0.05, 0.1) is 0 Å². The van der Waals surface area contributed by atoms with Crippen LogP contribution in [0.4, 0.5) is 5.69 Å². The first-order valence-corrected chi connectivity index (χ1v) is 10.2. The molecule has 33 heavy (non-hydrogen) atoms. The number of ketones is 1. The first-order valence-electron chi connectivity index (χ1n) is 10.2. The van der Waals surface area contributed by atoms with Crippen molar-refractivity contribution in [3.63, 3.8) is 0 Å². The maximum absolute atomic E-state index is 13.0. The van der Waals surface area contributed by atoms with Crippen LogP contribution in [0.3, 0.4) is 0 Å². The Morgan fingerprint density at radius 2 is 1.73 bits per heavy atom. The Labute approximate surface area is 190 Å². The molecule has 1 heterocycles. The number of nitrogens with one attached hydrogen (secondary N) is 1. The molecule has 0 saturated carbocycles. The molecule has 1 aliphatic rings. The molecule has 4 rings (SSSR count). The third kappa shape index (κ3) is 5.46. The largest absolute Gasteiger partial charge is 0.454 e. The lowest BCUT2D eigenvalue weighted by atomic mass is 10.1. The van der Waals surface area contributed by atoms with Crippen molar-refractivity contribution in [1.29, 1.82) is 0 Å². The van der Waals surface area contributed by atoms with Crippen molar-refractivity contribution >= 4 is 29.4 Å². The van der Waals surface area contributed by atoms with Crippen LogP contribution in [0.25, 0.3) is 6.08 Å². The molecule has 166 valence electrons. The van der Waals surface area contributed by atoms with E-state index in [-0.39, 0.29) is 12.6 Å². The molecular weight excluding hydrogens is 422 g/mol. The first-order chi connectivity index (χ1) is 16.0. The maximum Gasteiger partial charge on any atom is 0.331 e. The fraction of sp³-hybridized carbons (Fsp3) is 0.115. The van der Waals surface area contributed by atoms with E-state index >= 15 is 0 Å². The number of hydrogen-bond donors (Lipinski definition) is 1. The van der Waals surface area contributed by atoms with Crippen LogP contribution in [0.1, 0.15) is 34.5 Å². The Hall–Kier alpha value is -4.39. The van der Waals surface area contributed by atoms with Gasteiger partial charge in [0.2, 0.25) is 12.9 Å². The van der Waals surface area contributed by atoms with E-state index in [4.69, 9.17) is 14.2 Å². The molecule has 1 N–H and O–H groups in total. The van der Waals surface area contributed by atoms with Crippen molar-refractivity contribution in [2.45, 2.75) is 13.0 Å². The molecule has 0 spiro atoms. The van der Waals surface area contributed by atoms with Gasteiger partial charge in [-0.25, -0.2) is 4.79 Å². The first kappa shape index (κ1) is 21.8. The van der Waals surface area contributed by atoms with Crippen LogP contribution in [-0.2, 0) is 14.3 Å². The zero-order valence-electron chi connectivity index (χ0n) is 17.8. The molecule has 0 unspecified atom stereocenters. The molecule has 7 nitrogen and oxygen atoms in total. The highest BCUT2D eigenvalue weighted by Crippen LogP contribution is 2.32. The second-order valence-electron chi connectivity index (χ2n) is 7.30. The van der Waals surface area contributed by atoms with Gasteiger partial charge in [-0.3, -0.25) is 9.59 Å². The van der Waals surface area contributed by atoms with E-state index in [2.05, 4.69) is 5.32 Å². The van der Waals surface area contributed by atoms with Gasteiger partial charge in [0, 0.05) is 22.9 Å². The Bertz CT molecular complexity index is 1220. The molecule has 0 radical (unpaired) electrons. The minimum atomic E-state index is -1.18. The number of rotatable bonds is 7. The highest BCUT2D eigenvalue weighted by atomic mass is 16.7. The molecule has 0 fully saturated rings. The molecule has 0 aliphatic carbocycles. The van der Waals surface area contributed by atoms with E-state index in [1.165, 1.54) is 13.0 Å². The van der Waals surface area contributed by atoms with Crippen LogP contribution < -0.4 is 14.8 Å². The van der Waals surface area contributed by atoms with Crippen molar-refractivity contribution < 1.29 is 28.6 Å². The fourth-order valence-electron chi connectivity index (χ4n) is 3.26. The summed E-state index contributed by atoms with van der Waals surface area (Å²) in [5.41, 5.74) is 2.13. The van der Waals surface area contributed by atoms with Gasteiger partial charge in [-0.05, 0) is 42.8 Å². The van der Waals surface area contributed by atoms with Crippen LogP contribution in [0, 0.1) is 0 Å². The number of carbonyl (C=O) groups excluding carboxylic acids is 3. The number of benzene rings is 3.